The highest BCUT2D eigenvalue weighted by Crippen LogP contribution is 2.43. The fraction of sp³-hybridized carbons (Fsp3) is 0.214. The van der Waals surface area contributed by atoms with Crippen LogP contribution >= 0.6 is 23.2 Å². The van der Waals surface area contributed by atoms with Gasteiger partial charge in [-0.15, -0.1) is 0 Å². The van der Waals surface area contributed by atoms with Crippen LogP contribution in [0.25, 0.3) is 16.9 Å². The van der Waals surface area contributed by atoms with Crippen LogP contribution in [0.1, 0.15) is 24.5 Å². The van der Waals surface area contributed by atoms with Crippen molar-refractivity contribution in [3.63, 3.8) is 0 Å². The van der Waals surface area contributed by atoms with E-state index in [1.165, 1.54) is 0 Å². The molecule has 20 heavy (non-hydrogen) atoms. The normalized spacial score (nSPS) is 14.9. The second-order valence-electron chi connectivity index (χ2n) is 4.89. The van der Waals surface area contributed by atoms with Crippen molar-refractivity contribution >= 4 is 34.2 Å². The predicted molar refractivity (Wildman–Crippen MR) is 78.7 cm³/mol. The molecule has 2 aromatic heterocycles. The Bertz CT molecular complexity index is 808. The van der Waals surface area contributed by atoms with Crippen molar-refractivity contribution in [2.24, 2.45) is 0 Å². The zero-order valence-electron chi connectivity index (χ0n) is 10.4. The van der Waals surface area contributed by atoms with Crippen LogP contribution in [0.4, 0.5) is 0 Å². The quantitative estimate of drug-likeness (QED) is 0.672. The van der Waals surface area contributed by atoms with Gasteiger partial charge in [0, 0.05) is 5.92 Å². The van der Waals surface area contributed by atoms with E-state index in [2.05, 4.69) is 15.0 Å². The van der Waals surface area contributed by atoms with Crippen LogP contribution in [-0.2, 0) is 0 Å². The summed E-state index contributed by atoms with van der Waals surface area (Å²) < 4.78 is 1.86. The zero-order valence-corrected chi connectivity index (χ0v) is 11.9. The molecule has 0 N–H and O–H groups in total. The summed E-state index contributed by atoms with van der Waals surface area (Å²) >= 11 is 12.5. The lowest BCUT2D eigenvalue weighted by Gasteiger charge is -2.09. The maximum atomic E-state index is 6.48. The van der Waals surface area contributed by atoms with Gasteiger partial charge >= 0.3 is 0 Å². The van der Waals surface area contributed by atoms with E-state index >= 15 is 0 Å². The van der Waals surface area contributed by atoms with Gasteiger partial charge in [0.05, 0.1) is 16.7 Å². The van der Waals surface area contributed by atoms with Crippen LogP contribution < -0.4 is 0 Å². The number of hydrogen-bond acceptors (Lipinski definition) is 3. The van der Waals surface area contributed by atoms with Crippen molar-refractivity contribution in [3.05, 3.63) is 46.6 Å². The van der Waals surface area contributed by atoms with Crippen molar-refractivity contribution in [1.82, 2.24) is 19.5 Å². The fourth-order valence-electron chi connectivity index (χ4n) is 2.34. The maximum absolute atomic E-state index is 6.48. The molecular formula is C14H10Cl2N4. The summed E-state index contributed by atoms with van der Waals surface area (Å²) in [7, 11) is 0. The minimum absolute atomic E-state index is 0.226. The molecule has 0 aliphatic heterocycles. The molecule has 0 bridgehead atoms. The topological polar surface area (TPSA) is 43.6 Å². The van der Waals surface area contributed by atoms with Gasteiger partial charge in [-0.3, -0.25) is 4.57 Å². The monoisotopic (exact) mass is 304 g/mol. The highest BCUT2D eigenvalue weighted by Gasteiger charge is 2.30. The number of halogens is 2. The van der Waals surface area contributed by atoms with E-state index in [4.69, 9.17) is 23.2 Å². The minimum atomic E-state index is 0.226. The predicted octanol–water partition coefficient (Wildman–Crippen LogP) is 4.00. The number of nitrogens with zero attached hydrogens (tertiary/aromatic N) is 4. The van der Waals surface area contributed by atoms with Crippen molar-refractivity contribution < 1.29 is 0 Å². The minimum Gasteiger partial charge on any atom is -0.282 e. The Kier molecular flexibility index (Phi) is 2.69. The number of fused-ring (bicyclic) bond motifs is 1. The van der Waals surface area contributed by atoms with Gasteiger partial charge in [0.2, 0.25) is 5.28 Å². The van der Waals surface area contributed by atoms with Crippen LogP contribution in [0.15, 0.2) is 30.6 Å². The molecule has 2 heterocycles. The summed E-state index contributed by atoms with van der Waals surface area (Å²) in [6.07, 6.45) is 3.93. The number of aromatic nitrogens is 4. The van der Waals surface area contributed by atoms with Crippen LogP contribution in [0.5, 0.6) is 0 Å². The molecule has 6 heteroatoms. The number of rotatable bonds is 2. The number of benzene rings is 1. The van der Waals surface area contributed by atoms with Gasteiger partial charge in [-0.1, -0.05) is 23.7 Å². The van der Waals surface area contributed by atoms with Gasteiger partial charge in [-0.2, -0.15) is 4.98 Å². The van der Waals surface area contributed by atoms with E-state index in [0.29, 0.717) is 16.8 Å². The van der Waals surface area contributed by atoms with E-state index in [0.717, 1.165) is 29.6 Å². The molecule has 0 amide bonds. The molecule has 0 radical (unpaired) electrons. The fourth-order valence-corrected chi connectivity index (χ4v) is 2.84. The third kappa shape index (κ3) is 1.87. The molecule has 0 unspecified atom stereocenters. The summed E-state index contributed by atoms with van der Waals surface area (Å²) in [5.74, 6) is 1.01. The summed E-state index contributed by atoms with van der Waals surface area (Å²) in [5, 5.41) is 0.795. The van der Waals surface area contributed by atoms with Gasteiger partial charge in [-0.05, 0) is 36.6 Å². The van der Waals surface area contributed by atoms with Gasteiger partial charge in [0.15, 0.2) is 5.82 Å². The highest BCUT2D eigenvalue weighted by atomic mass is 35.5. The Balaban J connectivity index is 1.97. The van der Waals surface area contributed by atoms with Gasteiger partial charge in [0.25, 0.3) is 0 Å². The largest absolute Gasteiger partial charge is 0.282 e. The van der Waals surface area contributed by atoms with E-state index < -0.39 is 0 Å². The highest BCUT2D eigenvalue weighted by molar-refractivity contribution is 6.33. The van der Waals surface area contributed by atoms with Crippen LogP contribution in [-0.4, -0.2) is 19.5 Å². The zero-order chi connectivity index (χ0) is 13.7. The summed E-state index contributed by atoms with van der Waals surface area (Å²) in [6.45, 7) is 0. The molecule has 0 spiro atoms. The molecule has 0 saturated heterocycles. The summed E-state index contributed by atoms with van der Waals surface area (Å²) in [5.41, 5.74) is 2.69. The Hall–Kier alpha value is -1.65. The molecule has 3 aromatic rings. The second-order valence-corrected chi connectivity index (χ2v) is 5.61. The SMILES string of the molecule is Clc1nc(C2CC2)c(Cl)c(-n2cnc3ccccc32)n1. The Morgan fingerprint density at radius 3 is 2.70 bits per heavy atom. The Morgan fingerprint density at radius 1 is 1.10 bits per heavy atom. The average Bonchev–Trinajstić information content (AvgIpc) is 3.21. The number of para-hydroxylation sites is 2. The third-order valence-electron chi connectivity index (χ3n) is 3.48. The van der Waals surface area contributed by atoms with Crippen molar-refractivity contribution in [3.8, 4) is 5.82 Å². The molecule has 4 rings (SSSR count). The number of hydrogen-bond donors (Lipinski definition) is 0. The lowest BCUT2D eigenvalue weighted by atomic mass is 10.2. The Labute approximate surface area is 125 Å². The molecule has 1 saturated carbocycles. The van der Waals surface area contributed by atoms with Crippen molar-refractivity contribution in [2.75, 3.05) is 0 Å². The molecule has 0 atom stereocenters. The van der Waals surface area contributed by atoms with Gasteiger partial charge in [0.1, 0.15) is 11.3 Å². The molecule has 1 aliphatic rings. The summed E-state index contributed by atoms with van der Waals surface area (Å²) in [6, 6.07) is 7.83. The molecule has 100 valence electrons. The first-order valence-electron chi connectivity index (χ1n) is 6.39. The van der Waals surface area contributed by atoms with Gasteiger partial charge < -0.3 is 0 Å². The second kappa shape index (κ2) is 4.43. The molecule has 1 aromatic carbocycles. The summed E-state index contributed by atoms with van der Waals surface area (Å²) in [4.78, 5) is 12.9. The standard InChI is InChI=1S/C14H10Cl2N4/c15-11-12(8-5-6-8)18-14(16)19-13(11)20-7-17-9-3-1-2-4-10(9)20/h1-4,7-8H,5-6H2. The Morgan fingerprint density at radius 2 is 1.90 bits per heavy atom. The van der Waals surface area contributed by atoms with Crippen LogP contribution in [0, 0.1) is 0 Å². The first-order valence-corrected chi connectivity index (χ1v) is 7.15. The average molecular weight is 305 g/mol. The van der Waals surface area contributed by atoms with Crippen LogP contribution in [0.2, 0.25) is 10.3 Å². The van der Waals surface area contributed by atoms with Crippen molar-refractivity contribution in [1.29, 1.82) is 0 Å². The first kappa shape index (κ1) is 12.1. The lowest BCUT2D eigenvalue weighted by Crippen LogP contribution is -2.03. The number of imidazole rings is 1. The van der Waals surface area contributed by atoms with Crippen LogP contribution in [0.3, 0.4) is 0 Å². The molecule has 1 aliphatic carbocycles. The molecule has 1 fully saturated rings. The molecule has 4 nitrogen and oxygen atoms in total. The lowest BCUT2D eigenvalue weighted by molar-refractivity contribution is 0.936. The van der Waals surface area contributed by atoms with E-state index in [1.807, 2.05) is 28.8 Å². The van der Waals surface area contributed by atoms with E-state index in [-0.39, 0.29) is 5.28 Å². The third-order valence-corrected chi connectivity index (χ3v) is 4.01. The first-order chi connectivity index (χ1) is 9.74. The smallest absolute Gasteiger partial charge is 0.224 e. The van der Waals surface area contributed by atoms with Gasteiger partial charge in [-0.25, -0.2) is 9.97 Å². The van der Waals surface area contributed by atoms with E-state index in [9.17, 15) is 0 Å². The maximum Gasteiger partial charge on any atom is 0.224 e. The van der Waals surface area contributed by atoms with Crippen molar-refractivity contribution in [2.45, 2.75) is 18.8 Å². The molecular weight excluding hydrogens is 295 g/mol. The van der Waals surface area contributed by atoms with E-state index in [1.54, 1.807) is 6.33 Å².